The van der Waals surface area contributed by atoms with E-state index in [0.29, 0.717) is 0 Å². The minimum atomic E-state index is 0.790. The Labute approximate surface area is 100.0 Å². The molecule has 0 spiro atoms. The monoisotopic (exact) mass is 268 g/mol. The molecule has 1 aliphatic carbocycles. The van der Waals surface area contributed by atoms with Crippen LogP contribution < -0.4 is 4.74 Å². The first-order valence-corrected chi connectivity index (χ1v) is 6.35. The summed E-state index contributed by atoms with van der Waals surface area (Å²) in [4.78, 5) is 0. The number of rotatable bonds is 3. The van der Waals surface area contributed by atoms with Crippen molar-refractivity contribution in [3.05, 3.63) is 27.7 Å². The molecule has 0 aromatic heterocycles. The van der Waals surface area contributed by atoms with Crippen LogP contribution >= 0.6 is 15.9 Å². The standard InChI is InChI=1S/C13H17BrO/c1-9-6-12(14)13(7-10(9)2)15-8-11-4-3-5-11/h6-7,11H,3-5,8H2,1-2H3. The number of halogens is 1. The molecule has 15 heavy (non-hydrogen) atoms. The van der Waals surface area contributed by atoms with Gasteiger partial charge in [0, 0.05) is 0 Å². The van der Waals surface area contributed by atoms with Crippen molar-refractivity contribution < 1.29 is 4.74 Å². The normalized spacial score (nSPS) is 16.2. The molecule has 0 saturated heterocycles. The molecule has 2 rings (SSSR count). The van der Waals surface area contributed by atoms with Gasteiger partial charge < -0.3 is 4.74 Å². The van der Waals surface area contributed by atoms with Gasteiger partial charge in [0.15, 0.2) is 0 Å². The van der Waals surface area contributed by atoms with E-state index in [1.165, 1.54) is 30.4 Å². The molecule has 82 valence electrons. The Bertz CT molecular complexity index is 356. The summed E-state index contributed by atoms with van der Waals surface area (Å²) in [5, 5.41) is 0. The van der Waals surface area contributed by atoms with E-state index in [4.69, 9.17) is 4.74 Å². The summed E-state index contributed by atoms with van der Waals surface area (Å²) < 4.78 is 6.90. The second-order valence-corrected chi connectivity index (χ2v) is 5.33. The van der Waals surface area contributed by atoms with Crippen molar-refractivity contribution in [2.45, 2.75) is 33.1 Å². The van der Waals surface area contributed by atoms with Gasteiger partial charge in [-0.1, -0.05) is 6.42 Å². The maximum atomic E-state index is 5.83. The van der Waals surface area contributed by atoms with Crippen molar-refractivity contribution in [1.29, 1.82) is 0 Å². The van der Waals surface area contributed by atoms with Crippen LogP contribution in [0.3, 0.4) is 0 Å². The zero-order valence-electron chi connectivity index (χ0n) is 9.35. The third-order valence-corrected chi connectivity index (χ3v) is 3.87. The highest BCUT2D eigenvalue weighted by atomic mass is 79.9. The molecule has 1 aromatic rings. The lowest BCUT2D eigenvalue weighted by Crippen LogP contribution is -2.19. The zero-order valence-corrected chi connectivity index (χ0v) is 10.9. The zero-order chi connectivity index (χ0) is 10.8. The van der Waals surface area contributed by atoms with Gasteiger partial charge in [-0.15, -0.1) is 0 Å². The highest BCUT2D eigenvalue weighted by Crippen LogP contribution is 2.31. The number of ether oxygens (including phenoxy) is 1. The summed E-state index contributed by atoms with van der Waals surface area (Å²) in [5.41, 5.74) is 2.60. The molecule has 1 nitrogen and oxygen atoms in total. The number of aryl methyl sites for hydroxylation is 2. The molecule has 0 atom stereocenters. The Kier molecular flexibility index (Phi) is 3.35. The molecule has 0 heterocycles. The minimum absolute atomic E-state index is 0.790. The molecule has 1 saturated carbocycles. The Hall–Kier alpha value is -0.500. The third kappa shape index (κ3) is 2.54. The predicted molar refractivity (Wildman–Crippen MR) is 66.5 cm³/mol. The van der Waals surface area contributed by atoms with Crippen LogP contribution in [0.4, 0.5) is 0 Å². The van der Waals surface area contributed by atoms with Crippen LogP contribution in [-0.2, 0) is 0 Å². The van der Waals surface area contributed by atoms with Gasteiger partial charge in [0.25, 0.3) is 0 Å². The number of benzene rings is 1. The molecule has 0 bridgehead atoms. The molecule has 0 N–H and O–H groups in total. The molecule has 1 fully saturated rings. The predicted octanol–water partition coefficient (Wildman–Crippen LogP) is 4.24. The van der Waals surface area contributed by atoms with E-state index in [1.807, 2.05) is 0 Å². The fourth-order valence-electron chi connectivity index (χ4n) is 1.73. The lowest BCUT2D eigenvalue weighted by Gasteiger charge is -2.25. The van der Waals surface area contributed by atoms with Gasteiger partial charge in [0.05, 0.1) is 11.1 Å². The summed E-state index contributed by atoms with van der Waals surface area (Å²) in [6.07, 6.45) is 4.05. The highest BCUT2D eigenvalue weighted by molar-refractivity contribution is 9.10. The van der Waals surface area contributed by atoms with Crippen LogP contribution in [0, 0.1) is 19.8 Å². The van der Waals surface area contributed by atoms with Crippen molar-refractivity contribution in [3.8, 4) is 5.75 Å². The summed E-state index contributed by atoms with van der Waals surface area (Å²) in [6, 6.07) is 4.25. The maximum Gasteiger partial charge on any atom is 0.133 e. The van der Waals surface area contributed by atoms with Gasteiger partial charge in [-0.2, -0.15) is 0 Å². The third-order valence-electron chi connectivity index (χ3n) is 3.25. The Balaban J connectivity index is 2.03. The van der Waals surface area contributed by atoms with Crippen LogP contribution in [0.25, 0.3) is 0 Å². The molecule has 0 amide bonds. The maximum absolute atomic E-state index is 5.83. The largest absolute Gasteiger partial charge is 0.492 e. The van der Waals surface area contributed by atoms with Crippen LogP contribution in [-0.4, -0.2) is 6.61 Å². The van der Waals surface area contributed by atoms with Crippen molar-refractivity contribution >= 4 is 15.9 Å². The van der Waals surface area contributed by atoms with Gasteiger partial charge in [-0.25, -0.2) is 0 Å². The SMILES string of the molecule is Cc1cc(Br)c(OCC2CCC2)cc1C. The molecule has 0 radical (unpaired) electrons. The topological polar surface area (TPSA) is 9.23 Å². The van der Waals surface area contributed by atoms with Crippen LogP contribution in [0.5, 0.6) is 5.75 Å². The fraction of sp³-hybridized carbons (Fsp3) is 0.538. The first-order valence-electron chi connectivity index (χ1n) is 5.56. The Morgan fingerprint density at radius 3 is 2.53 bits per heavy atom. The van der Waals surface area contributed by atoms with E-state index in [1.54, 1.807) is 0 Å². The van der Waals surface area contributed by atoms with E-state index >= 15 is 0 Å². The lowest BCUT2D eigenvalue weighted by atomic mass is 9.86. The Morgan fingerprint density at radius 1 is 1.27 bits per heavy atom. The summed E-state index contributed by atoms with van der Waals surface area (Å²) >= 11 is 3.55. The molecule has 2 heteroatoms. The van der Waals surface area contributed by atoms with Gasteiger partial charge in [0.1, 0.15) is 5.75 Å². The van der Waals surface area contributed by atoms with E-state index in [0.717, 1.165) is 22.7 Å². The molecule has 1 aromatic carbocycles. The average molecular weight is 269 g/mol. The first kappa shape index (κ1) is 11.0. The summed E-state index contributed by atoms with van der Waals surface area (Å²) in [6.45, 7) is 5.12. The highest BCUT2D eigenvalue weighted by Gasteiger charge is 2.18. The van der Waals surface area contributed by atoms with E-state index < -0.39 is 0 Å². The Morgan fingerprint density at radius 2 is 1.93 bits per heavy atom. The first-order chi connectivity index (χ1) is 7.16. The van der Waals surface area contributed by atoms with Crippen molar-refractivity contribution in [2.75, 3.05) is 6.61 Å². The van der Waals surface area contributed by atoms with Gasteiger partial charge in [-0.05, 0) is 71.8 Å². The second kappa shape index (κ2) is 4.56. The van der Waals surface area contributed by atoms with Gasteiger partial charge in [-0.3, -0.25) is 0 Å². The van der Waals surface area contributed by atoms with E-state index in [-0.39, 0.29) is 0 Å². The molecular formula is C13H17BrO. The summed E-state index contributed by atoms with van der Waals surface area (Å²) in [7, 11) is 0. The van der Waals surface area contributed by atoms with Gasteiger partial charge in [0.2, 0.25) is 0 Å². The van der Waals surface area contributed by atoms with Crippen molar-refractivity contribution in [1.82, 2.24) is 0 Å². The molecular weight excluding hydrogens is 252 g/mol. The summed E-state index contributed by atoms with van der Waals surface area (Å²) in [5.74, 6) is 1.78. The van der Waals surface area contributed by atoms with Crippen molar-refractivity contribution in [3.63, 3.8) is 0 Å². The molecule has 0 aliphatic heterocycles. The minimum Gasteiger partial charge on any atom is -0.492 e. The lowest BCUT2D eigenvalue weighted by molar-refractivity contribution is 0.180. The molecule has 1 aliphatic rings. The van der Waals surface area contributed by atoms with Crippen LogP contribution in [0.15, 0.2) is 16.6 Å². The van der Waals surface area contributed by atoms with E-state index in [2.05, 4.69) is 41.9 Å². The molecule has 0 unspecified atom stereocenters. The van der Waals surface area contributed by atoms with Crippen LogP contribution in [0.1, 0.15) is 30.4 Å². The van der Waals surface area contributed by atoms with Crippen molar-refractivity contribution in [2.24, 2.45) is 5.92 Å². The smallest absolute Gasteiger partial charge is 0.133 e. The number of hydrogen-bond donors (Lipinski definition) is 0. The fourth-order valence-corrected chi connectivity index (χ4v) is 2.30. The quantitative estimate of drug-likeness (QED) is 0.797. The van der Waals surface area contributed by atoms with Crippen LogP contribution in [0.2, 0.25) is 0 Å². The second-order valence-electron chi connectivity index (χ2n) is 4.47. The van der Waals surface area contributed by atoms with E-state index in [9.17, 15) is 0 Å². The number of hydrogen-bond acceptors (Lipinski definition) is 1. The average Bonchev–Trinajstić information content (AvgIpc) is 2.11. The van der Waals surface area contributed by atoms with Gasteiger partial charge >= 0.3 is 0 Å².